The summed E-state index contributed by atoms with van der Waals surface area (Å²) in [6.07, 6.45) is 4.68. The van der Waals surface area contributed by atoms with E-state index in [-0.39, 0.29) is 17.8 Å². The molecule has 0 aliphatic rings. The maximum atomic E-state index is 13.8. The van der Waals surface area contributed by atoms with E-state index in [1.54, 1.807) is 10.9 Å². The van der Waals surface area contributed by atoms with Crippen LogP contribution in [0.4, 0.5) is 4.39 Å². The number of halogens is 2. The maximum absolute atomic E-state index is 13.8. The molecule has 0 N–H and O–H groups in total. The summed E-state index contributed by atoms with van der Waals surface area (Å²) in [6, 6.07) is 1.74. The van der Waals surface area contributed by atoms with Gasteiger partial charge in [0.25, 0.3) is 5.88 Å². The van der Waals surface area contributed by atoms with Crippen LogP contribution < -0.4 is 4.74 Å². The van der Waals surface area contributed by atoms with Crippen molar-refractivity contribution in [3.8, 4) is 11.6 Å². The van der Waals surface area contributed by atoms with Gasteiger partial charge in [-0.15, -0.1) is 11.6 Å². The SMILES string of the molecule is CC(C)n1cc(Oc2nccc(CCl)c2F)cn1. The van der Waals surface area contributed by atoms with Gasteiger partial charge in [-0.25, -0.2) is 9.37 Å². The first-order chi connectivity index (χ1) is 8.61. The number of hydrogen-bond donors (Lipinski definition) is 0. The quantitative estimate of drug-likeness (QED) is 0.797. The molecule has 0 unspecified atom stereocenters. The first-order valence-electron chi connectivity index (χ1n) is 5.53. The van der Waals surface area contributed by atoms with E-state index in [1.807, 2.05) is 13.8 Å². The van der Waals surface area contributed by atoms with E-state index < -0.39 is 5.82 Å². The molecule has 0 radical (unpaired) electrons. The van der Waals surface area contributed by atoms with Crippen molar-refractivity contribution in [3.05, 3.63) is 36.0 Å². The lowest BCUT2D eigenvalue weighted by molar-refractivity contribution is 0.418. The molecule has 6 heteroatoms. The average molecular weight is 270 g/mol. The third-order valence-corrected chi connectivity index (χ3v) is 2.69. The zero-order valence-electron chi connectivity index (χ0n) is 10.1. The molecule has 0 aliphatic carbocycles. The highest BCUT2D eigenvalue weighted by Crippen LogP contribution is 2.24. The first kappa shape index (κ1) is 12.8. The molecule has 0 bridgehead atoms. The molecular weight excluding hydrogens is 257 g/mol. The summed E-state index contributed by atoms with van der Waals surface area (Å²) in [4.78, 5) is 3.84. The monoisotopic (exact) mass is 269 g/mol. The van der Waals surface area contributed by atoms with Gasteiger partial charge in [-0.3, -0.25) is 4.68 Å². The van der Waals surface area contributed by atoms with Crippen LogP contribution in [0.5, 0.6) is 11.6 Å². The van der Waals surface area contributed by atoms with Crippen LogP contribution in [0.1, 0.15) is 25.5 Å². The second-order valence-corrected chi connectivity index (χ2v) is 4.34. The minimum absolute atomic E-state index is 0.0793. The maximum Gasteiger partial charge on any atom is 0.256 e. The van der Waals surface area contributed by atoms with Crippen molar-refractivity contribution in [2.24, 2.45) is 0 Å². The van der Waals surface area contributed by atoms with Crippen LogP contribution in [0.15, 0.2) is 24.7 Å². The summed E-state index contributed by atoms with van der Waals surface area (Å²) in [5.41, 5.74) is 0.359. The van der Waals surface area contributed by atoms with E-state index >= 15 is 0 Å². The van der Waals surface area contributed by atoms with Gasteiger partial charge in [0.05, 0.1) is 18.3 Å². The van der Waals surface area contributed by atoms with Gasteiger partial charge in [0.15, 0.2) is 11.6 Å². The van der Waals surface area contributed by atoms with Crippen molar-refractivity contribution in [2.75, 3.05) is 0 Å². The summed E-state index contributed by atoms with van der Waals surface area (Å²) in [7, 11) is 0. The van der Waals surface area contributed by atoms with Gasteiger partial charge in [-0.05, 0) is 19.9 Å². The lowest BCUT2D eigenvalue weighted by Crippen LogP contribution is -2.00. The molecule has 18 heavy (non-hydrogen) atoms. The van der Waals surface area contributed by atoms with E-state index in [0.717, 1.165) is 0 Å². The minimum atomic E-state index is -0.537. The van der Waals surface area contributed by atoms with E-state index in [0.29, 0.717) is 11.3 Å². The number of alkyl halides is 1. The molecule has 0 amide bonds. The highest BCUT2D eigenvalue weighted by atomic mass is 35.5. The molecule has 0 aliphatic heterocycles. The molecule has 0 saturated heterocycles. The van der Waals surface area contributed by atoms with Gasteiger partial charge in [0.1, 0.15) is 0 Å². The second kappa shape index (κ2) is 5.35. The van der Waals surface area contributed by atoms with Crippen molar-refractivity contribution in [1.29, 1.82) is 0 Å². The predicted molar refractivity (Wildman–Crippen MR) is 66.4 cm³/mol. The van der Waals surface area contributed by atoms with Crippen molar-refractivity contribution < 1.29 is 9.13 Å². The Kier molecular flexibility index (Phi) is 3.81. The van der Waals surface area contributed by atoms with Crippen molar-refractivity contribution >= 4 is 11.6 Å². The number of aromatic nitrogens is 3. The van der Waals surface area contributed by atoms with Crippen LogP contribution in [-0.4, -0.2) is 14.8 Å². The van der Waals surface area contributed by atoms with Crippen molar-refractivity contribution in [2.45, 2.75) is 25.8 Å². The first-order valence-corrected chi connectivity index (χ1v) is 6.06. The predicted octanol–water partition coefficient (Wildman–Crippen LogP) is 3.53. The molecule has 2 rings (SSSR count). The molecule has 2 heterocycles. The van der Waals surface area contributed by atoms with Crippen LogP contribution >= 0.6 is 11.6 Å². The standard InChI is InChI=1S/C12H13ClFN3O/c1-8(2)17-7-10(6-16-17)18-12-11(14)9(5-13)3-4-15-12/h3-4,6-8H,5H2,1-2H3. The summed E-state index contributed by atoms with van der Waals surface area (Å²) >= 11 is 5.61. The molecule has 2 aromatic heterocycles. The molecule has 0 aromatic carbocycles. The summed E-state index contributed by atoms with van der Waals surface area (Å²) in [6.45, 7) is 3.98. The Hall–Kier alpha value is -1.62. The Bertz CT molecular complexity index is 542. The minimum Gasteiger partial charge on any atom is -0.433 e. The Morgan fingerprint density at radius 3 is 2.89 bits per heavy atom. The van der Waals surface area contributed by atoms with Crippen LogP contribution in [0.2, 0.25) is 0 Å². The van der Waals surface area contributed by atoms with Gasteiger partial charge in [0.2, 0.25) is 0 Å². The van der Waals surface area contributed by atoms with Gasteiger partial charge < -0.3 is 4.74 Å². The highest BCUT2D eigenvalue weighted by molar-refractivity contribution is 6.17. The largest absolute Gasteiger partial charge is 0.433 e. The summed E-state index contributed by atoms with van der Waals surface area (Å²) in [5.74, 6) is -0.0984. The zero-order chi connectivity index (χ0) is 13.1. The third-order valence-electron chi connectivity index (χ3n) is 2.40. The smallest absolute Gasteiger partial charge is 0.256 e. The van der Waals surface area contributed by atoms with E-state index in [9.17, 15) is 4.39 Å². The molecule has 2 aromatic rings. The van der Waals surface area contributed by atoms with Crippen molar-refractivity contribution in [3.63, 3.8) is 0 Å². The molecule has 4 nitrogen and oxygen atoms in total. The van der Waals surface area contributed by atoms with Crippen LogP contribution in [0.3, 0.4) is 0 Å². The molecule has 0 atom stereocenters. The topological polar surface area (TPSA) is 39.9 Å². The summed E-state index contributed by atoms with van der Waals surface area (Å²) < 4.78 is 20.9. The third kappa shape index (κ3) is 2.61. The lowest BCUT2D eigenvalue weighted by atomic mass is 10.3. The fourth-order valence-electron chi connectivity index (χ4n) is 1.40. The Balaban J connectivity index is 2.23. The number of nitrogens with zero attached hydrogens (tertiary/aromatic N) is 3. The normalized spacial score (nSPS) is 10.9. The van der Waals surface area contributed by atoms with E-state index in [1.165, 1.54) is 18.5 Å². The fourth-order valence-corrected chi connectivity index (χ4v) is 1.61. The van der Waals surface area contributed by atoms with Crippen molar-refractivity contribution in [1.82, 2.24) is 14.8 Å². The molecule has 0 fully saturated rings. The Morgan fingerprint density at radius 1 is 1.50 bits per heavy atom. The van der Waals surface area contributed by atoms with E-state index in [2.05, 4.69) is 10.1 Å². The van der Waals surface area contributed by atoms with Crippen LogP contribution in [-0.2, 0) is 5.88 Å². The average Bonchev–Trinajstić information content (AvgIpc) is 2.80. The summed E-state index contributed by atoms with van der Waals surface area (Å²) in [5, 5.41) is 4.10. The number of ether oxygens (including phenoxy) is 1. The van der Waals surface area contributed by atoms with Crippen LogP contribution in [0.25, 0.3) is 0 Å². The van der Waals surface area contributed by atoms with E-state index in [4.69, 9.17) is 16.3 Å². The Morgan fingerprint density at radius 2 is 2.28 bits per heavy atom. The number of pyridine rings is 1. The second-order valence-electron chi connectivity index (χ2n) is 4.07. The molecule has 0 spiro atoms. The number of rotatable bonds is 4. The fraction of sp³-hybridized carbons (Fsp3) is 0.333. The highest BCUT2D eigenvalue weighted by Gasteiger charge is 2.12. The molecule has 0 saturated carbocycles. The molecule has 96 valence electrons. The van der Waals surface area contributed by atoms with Gasteiger partial charge in [-0.1, -0.05) is 0 Å². The van der Waals surface area contributed by atoms with Gasteiger partial charge >= 0.3 is 0 Å². The Labute approximate surface area is 109 Å². The van der Waals surface area contributed by atoms with Crippen LogP contribution in [0, 0.1) is 5.82 Å². The van der Waals surface area contributed by atoms with Gasteiger partial charge in [0, 0.05) is 17.8 Å². The molecular formula is C12H13ClFN3O. The van der Waals surface area contributed by atoms with Gasteiger partial charge in [-0.2, -0.15) is 5.10 Å². The lowest BCUT2D eigenvalue weighted by Gasteiger charge is -2.06. The number of hydrogen-bond acceptors (Lipinski definition) is 3. The zero-order valence-corrected chi connectivity index (χ0v) is 10.9.